The lowest BCUT2D eigenvalue weighted by Crippen LogP contribution is -2.19. The van der Waals surface area contributed by atoms with Gasteiger partial charge in [-0.2, -0.15) is 0 Å². The molecule has 1 atom stereocenters. The Balaban J connectivity index is 2.02. The van der Waals surface area contributed by atoms with E-state index < -0.39 is 0 Å². The molecule has 3 aromatic rings. The molecule has 0 aliphatic heterocycles. The summed E-state index contributed by atoms with van der Waals surface area (Å²) in [6.45, 7) is 1.75. The van der Waals surface area contributed by atoms with Crippen LogP contribution in [0, 0.1) is 0 Å². The molecule has 0 radical (unpaired) electrons. The minimum Gasteiger partial charge on any atom is -0.463 e. The van der Waals surface area contributed by atoms with Gasteiger partial charge in [0.1, 0.15) is 16.3 Å². The van der Waals surface area contributed by atoms with Crippen molar-refractivity contribution in [2.75, 3.05) is 5.32 Å². The van der Waals surface area contributed by atoms with E-state index in [0.717, 1.165) is 4.88 Å². The minimum absolute atomic E-state index is 0.152. The van der Waals surface area contributed by atoms with Crippen molar-refractivity contribution in [3.63, 3.8) is 0 Å². The molecular formula is C14H11BrN2O3S. The first kappa shape index (κ1) is 14.1. The molecule has 0 aliphatic carbocycles. The number of nitrogens with zero attached hydrogens (tertiary/aromatic N) is 1. The van der Waals surface area contributed by atoms with Crippen LogP contribution in [0.4, 0.5) is 5.13 Å². The molecule has 5 nitrogen and oxygen atoms in total. The largest absolute Gasteiger partial charge is 0.463 e. The quantitative estimate of drug-likeness (QED) is 0.695. The number of carbonyl (C=O) groups excluding carboxylic acids is 1. The van der Waals surface area contributed by atoms with E-state index in [0.29, 0.717) is 22.3 Å². The second-order valence-corrected chi connectivity index (χ2v) is 6.63. The van der Waals surface area contributed by atoms with Crippen molar-refractivity contribution in [1.82, 2.24) is 4.98 Å². The Bertz CT molecular complexity index is 681. The van der Waals surface area contributed by atoms with Gasteiger partial charge in [0.05, 0.1) is 17.4 Å². The summed E-state index contributed by atoms with van der Waals surface area (Å²) >= 11 is 4.57. The Labute approximate surface area is 133 Å². The van der Waals surface area contributed by atoms with Gasteiger partial charge >= 0.3 is 0 Å². The number of hydrogen-bond acceptors (Lipinski definition) is 5. The molecule has 1 unspecified atom stereocenters. The fourth-order valence-electron chi connectivity index (χ4n) is 1.73. The van der Waals surface area contributed by atoms with Crippen LogP contribution in [0.3, 0.4) is 0 Å². The average Bonchev–Trinajstić information content (AvgIpc) is 3.19. The van der Waals surface area contributed by atoms with Crippen molar-refractivity contribution in [2.45, 2.75) is 11.8 Å². The summed E-state index contributed by atoms with van der Waals surface area (Å²) in [5.41, 5.74) is 0.650. The molecule has 3 rings (SSSR count). The summed E-state index contributed by atoms with van der Waals surface area (Å²) in [7, 11) is 0. The first-order valence-electron chi connectivity index (χ1n) is 6.18. The van der Waals surface area contributed by atoms with Gasteiger partial charge in [0.25, 0.3) is 0 Å². The molecule has 3 heterocycles. The van der Waals surface area contributed by atoms with Gasteiger partial charge in [-0.15, -0.1) is 0 Å². The van der Waals surface area contributed by atoms with Crippen molar-refractivity contribution in [2.24, 2.45) is 0 Å². The number of halogens is 1. The summed E-state index contributed by atoms with van der Waals surface area (Å²) in [5, 5.41) is 3.27. The monoisotopic (exact) mass is 366 g/mol. The van der Waals surface area contributed by atoms with Crippen LogP contribution in [0.2, 0.25) is 0 Å². The van der Waals surface area contributed by atoms with E-state index in [2.05, 4.69) is 26.2 Å². The molecule has 3 aromatic heterocycles. The van der Waals surface area contributed by atoms with Gasteiger partial charge in [-0.25, -0.2) is 4.98 Å². The van der Waals surface area contributed by atoms with E-state index >= 15 is 0 Å². The SMILES string of the molecule is CC(Br)C(=O)Nc1nc(-c2ccco2)c(-c2ccco2)s1. The predicted octanol–water partition coefficient (Wildman–Crippen LogP) is 4.39. The number of amides is 1. The molecule has 0 saturated carbocycles. The third kappa shape index (κ3) is 2.93. The van der Waals surface area contributed by atoms with Gasteiger partial charge in [0, 0.05) is 0 Å². The molecule has 1 amide bonds. The zero-order valence-electron chi connectivity index (χ0n) is 11.0. The van der Waals surface area contributed by atoms with E-state index in [1.54, 1.807) is 31.6 Å². The maximum absolute atomic E-state index is 11.8. The van der Waals surface area contributed by atoms with Crippen LogP contribution in [0.1, 0.15) is 6.92 Å². The third-order valence-corrected chi connectivity index (χ3v) is 4.12. The highest BCUT2D eigenvalue weighted by atomic mass is 79.9. The van der Waals surface area contributed by atoms with Crippen LogP contribution in [0.15, 0.2) is 45.6 Å². The Morgan fingerprint density at radius 2 is 1.95 bits per heavy atom. The standard InChI is InChI=1S/C14H11BrN2O3S/c1-8(15)13(18)17-14-16-11(9-4-2-6-19-9)12(21-14)10-5-3-7-20-10/h2-8H,1H3,(H,16,17,18). The van der Waals surface area contributed by atoms with Gasteiger partial charge in [-0.3, -0.25) is 4.79 Å². The molecule has 0 aliphatic rings. The van der Waals surface area contributed by atoms with Crippen molar-refractivity contribution in [3.8, 4) is 22.1 Å². The molecule has 7 heteroatoms. The number of alkyl halides is 1. The van der Waals surface area contributed by atoms with Gasteiger partial charge in [0.2, 0.25) is 5.91 Å². The lowest BCUT2D eigenvalue weighted by Gasteiger charge is -2.01. The molecule has 0 fully saturated rings. The molecule has 1 N–H and O–H groups in total. The summed E-state index contributed by atoms with van der Waals surface area (Å²) in [6.07, 6.45) is 3.18. The first-order chi connectivity index (χ1) is 10.1. The number of thiazole rings is 1. The number of furan rings is 2. The third-order valence-electron chi connectivity index (χ3n) is 2.72. The normalized spacial score (nSPS) is 12.3. The van der Waals surface area contributed by atoms with E-state index in [9.17, 15) is 4.79 Å². The average molecular weight is 367 g/mol. The Morgan fingerprint density at radius 1 is 1.29 bits per heavy atom. The topological polar surface area (TPSA) is 68.3 Å². The van der Waals surface area contributed by atoms with Gasteiger partial charge < -0.3 is 14.2 Å². The minimum atomic E-state index is -0.291. The summed E-state index contributed by atoms with van der Waals surface area (Å²) in [5.74, 6) is 1.16. The molecule has 108 valence electrons. The number of hydrogen-bond donors (Lipinski definition) is 1. The van der Waals surface area contributed by atoms with E-state index in [1.165, 1.54) is 11.3 Å². The number of aromatic nitrogens is 1. The predicted molar refractivity (Wildman–Crippen MR) is 84.5 cm³/mol. The van der Waals surface area contributed by atoms with Crippen molar-refractivity contribution < 1.29 is 13.6 Å². The van der Waals surface area contributed by atoms with Crippen molar-refractivity contribution in [3.05, 3.63) is 36.8 Å². The van der Waals surface area contributed by atoms with E-state index in [-0.39, 0.29) is 10.7 Å². The summed E-state index contributed by atoms with van der Waals surface area (Å²) in [4.78, 5) is 16.7. The number of nitrogens with one attached hydrogen (secondary N) is 1. The van der Waals surface area contributed by atoms with Crippen LogP contribution >= 0.6 is 27.3 Å². The second-order valence-electron chi connectivity index (χ2n) is 4.26. The molecule has 0 bridgehead atoms. The Hall–Kier alpha value is -1.86. The smallest absolute Gasteiger partial charge is 0.239 e. The number of carbonyl (C=O) groups is 1. The van der Waals surface area contributed by atoms with Gasteiger partial charge in [0.15, 0.2) is 10.9 Å². The van der Waals surface area contributed by atoms with Crippen molar-refractivity contribution in [1.29, 1.82) is 0 Å². The zero-order chi connectivity index (χ0) is 14.8. The maximum Gasteiger partial charge on any atom is 0.239 e. The first-order valence-corrected chi connectivity index (χ1v) is 7.92. The van der Waals surface area contributed by atoms with Crippen LogP contribution in [0.5, 0.6) is 0 Å². The highest BCUT2D eigenvalue weighted by molar-refractivity contribution is 9.10. The highest BCUT2D eigenvalue weighted by Gasteiger charge is 2.20. The molecule has 0 saturated heterocycles. The molecule has 0 spiro atoms. The van der Waals surface area contributed by atoms with Crippen LogP contribution in [0.25, 0.3) is 22.1 Å². The van der Waals surface area contributed by atoms with Gasteiger partial charge in [-0.1, -0.05) is 27.3 Å². The molecular weight excluding hydrogens is 356 g/mol. The van der Waals surface area contributed by atoms with Crippen LogP contribution in [-0.4, -0.2) is 15.7 Å². The number of anilines is 1. The Kier molecular flexibility index (Phi) is 3.94. The van der Waals surface area contributed by atoms with Crippen LogP contribution < -0.4 is 5.32 Å². The molecule has 21 heavy (non-hydrogen) atoms. The van der Waals surface area contributed by atoms with E-state index in [1.807, 2.05) is 12.1 Å². The summed E-state index contributed by atoms with van der Waals surface area (Å²) < 4.78 is 10.8. The zero-order valence-corrected chi connectivity index (χ0v) is 13.4. The van der Waals surface area contributed by atoms with Crippen molar-refractivity contribution >= 4 is 38.3 Å². The lowest BCUT2D eigenvalue weighted by atomic mass is 10.2. The number of rotatable bonds is 4. The van der Waals surface area contributed by atoms with Gasteiger partial charge in [-0.05, 0) is 31.2 Å². The second kappa shape index (κ2) is 5.87. The van der Waals surface area contributed by atoms with E-state index in [4.69, 9.17) is 8.83 Å². The Morgan fingerprint density at radius 3 is 2.52 bits per heavy atom. The summed E-state index contributed by atoms with van der Waals surface area (Å²) in [6, 6.07) is 7.26. The lowest BCUT2D eigenvalue weighted by molar-refractivity contribution is -0.115. The molecule has 0 aromatic carbocycles. The highest BCUT2D eigenvalue weighted by Crippen LogP contribution is 2.39. The van der Waals surface area contributed by atoms with Crippen LogP contribution in [-0.2, 0) is 4.79 Å². The maximum atomic E-state index is 11.8. The fraction of sp³-hybridized carbons (Fsp3) is 0.143. The fourth-order valence-corrected chi connectivity index (χ4v) is 2.79.